The van der Waals surface area contributed by atoms with Crippen molar-refractivity contribution in [3.05, 3.63) is 18.6 Å². The maximum Gasteiger partial charge on any atom is 0.328 e. The van der Waals surface area contributed by atoms with Crippen LogP contribution >= 0.6 is 0 Å². The van der Waals surface area contributed by atoms with E-state index in [0.717, 1.165) is 24.9 Å². The van der Waals surface area contributed by atoms with Crippen molar-refractivity contribution in [2.24, 2.45) is 0 Å². The second-order valence-corrected chi connectivity index (χ2v) is 4.83. The maximum atomic E-state index is 12.0. The molecule has 2 aromatic heterocycles. The largest absolute Gasteiger partial charge is 0.464 e. The van der Waals surface area contributed by atoms with Crippen LogP contribution in [0.5, 0.6) is 0 Å². The van der Waals surface area contributed by atoms with Crippen molar-refractivity contribution in [3.63, 3.8) is 0 Å². The monoisotopic (exact) mass is 287 g/mol. The van der Waals surface area contributed by atoms with Gasteiger partial charge in [0, 0.05) is 6.54 Å². The quantitative estimate of drug-likeness (QED) is 0.858. The first-order chi connectivity index (χ1) is 10.2. The Balaban J connectivity index is 1.96. The number of aromatic nitrogens is 4. The topological polar surface area (TPSA) is 84.0 Å². The summed E-state index contributed by atoms with van der Waals surface area (Å²) in [7, 11) is 0. The van der Waals surface area contributed by atoms with E-state index in [9.17, 15) is 4.79 Å². The summed E-state index contributed by atoms with van der Waals surface area (Å²) in [6.07, 6.45) is 4.81. The van der Waals surface area contributed by atoms with E-state index in [1.807, 2.05) is 11.8 Å². The van der Waals surface area contributed by atoms with Crippen LogP contribution in [0.15, 0.2) is 12.9 Å². The number of anilines is 1. The van der Waals surface area contributed by atoms with E-state index in [-0.39, 0.29) is 12.0 Å². The number of aromatic amines is 1. The highest BCUT2D eigenvalue weighted by molar-refractivity contribution is 5.84. The second-order valence-electron chi connectivity index (χ2n) is 4.83. The minimum atomic E-state index is -0.286. The highest BCUT2D eigenvalue weighted by Gasteiger charge is 2.33. The van der Waals surface area contributed by atoms with Crippen LogP contribution in [-0.2, 0) is 9.53 Å². The van der Waals surface area contributed by atoms with Crippen LogP contribution < -0.4 is 4.90 Å². The standard InChI is InChI=1S/C14H17N5O2/c1-3-9-11-12(16-8-15-9)18-14(17-11)19-7-5-6-10(19)13(20)21-4-2/h3,8,10H,1,4-7H2,2H3,(H,15,16,17,18). The third kappa shape index (κ3) is 2.35. The fraction of sp³-hybridized carbons (Fsp3) is 0.429. The number of fused-ring (bicyclic) bond motifs is 1. The van der Waals surface area contributed by atoms with Gasteiger partial charge >= 0.3 is 5.97 Å². The lowest BCUT2D eigenvalue weighted by molar-refractivity contribution is -0.144. The van der Waals surface area contributed by atoms with Gasteiger partial charge in [-0.15, -0.1) is 0 Å². The molecule has 7 heteroatoms. The number of H-pyrrole nitrogens is 1. The number of imidazole rings is 1. The summed E-state index contributed by atoms with van der Waals surface area (Å²) in [4.78, 5) is 29.9. The summed E-state index contributed by atoms with van der Waals surface area (Å²) in [5.74, 6) is 0.426. The van der Waals surface area contributed by atoms with E-state index in [0.29, 0.717) is 23.9 Å². The Morgan fingerprint density at radius 1 is 1.62 bits per heavy atom. The molecule has 3 rings (SSSR count). The molecule has 1 unspecified atom stereocenters. The van der Waals surface area contributed by atoms with E-state index in [1.165, 1.54) is 6.33 Å². The number of hydrogen-bond donors (Lipinski definition) is 1. The molecule has 0 bridgehead atoms. The molecule has 3 heterocycles. The summed E-state index contributed by atoms with van der Waals surface area (Å²) >= 11 is 0. The van der Waals surface area contributed by atoms with Crippen LogP contribution in [0.3, 0.4) is 0 Å². The van der Waals surface area contributed by atoms with Gasteiger partial charge in [-0.1, -0.05) is 6.58 Å². The van der Waals surface area contributed by atoms with Gasteiger partial charge < -0.3 is 14.6 Å². The Morgan fingerprint density at radius 3 is 3.24 bits per heavy atom. The molecule has 1 fully saturated rings. The maximum absolute atomic E-state index is 12.0. The zero-order valence-corrected chi connectivity index (χ0v) is 11.9. The summed E-state index contributed by atoms with van der Waals surface area (Å²) < 4.78 is 5.13. The molecule has 1 aliphatic rings. The molecule has 0 spiro atoms. The minimum absolute atomic E-state index is 0.203. The Hall–Kier alpha value is -2.44. The number of hydrogen-bond acceptors (Lipinski definition) is 6. The van der Waals surface area contributed by atoms with Crippen molar-refractivity contribution >= 4 is 29.2 Å². The van der Waals surface area contributed by atoms with Crippen molar-refractivity contribution in [1.29, 1.82) is 0 Å². The van der Waals surface area contributed by atoms with Crippen molar-refractivity contribution < 1.29 is 9.53 Å². The van der Waals surface area contributed by atoms with E-state index < -0.39 is 0 Å². The van der Waals surface area contributed by atoms with Gasteiger partial charge in [0.15, 0.2) is 5.65 Å². The number of rotatable bonds is 4. The SMILES string of the molecule is C=Cc1ncnc2nc(N3CCCC3C(=O)OCC)[nH]c12. The Kier molecular flexibility index (Phi) is 3.55. The van der Waals surface area contributed by atoms with Crippen LogP contribution in [-0.4, -0.2) is 45.1 Å². The van der Waals surface area contributed by atoms with E-state index in [2.05, 4.69) is 26.5 Å². The Labute approximate surface area is 122 Å². The lowest BCUT2D eigenvalue weighted by atomic mass is 10.2. The highest BCUT2D eigenvalue weighted by atomic mass is 16.5. The molecule has 1 aliphatic heterocycles. The van der Waals surface area contributed by atoms with Crippen molar-refractivity contribution in [2.45, 2.75) is 25.8 Å². The average molecular weight is 287 g/mol. The number of carbonyl (C=O) groups excluding carboxylic acids is 1. The summed E-state index contributed by atoms with van der Waals surface area (Å²) in [6, 6.07) is -0.286. The van der Waals surface area contributed by atoms with Gasteiger partial charge in [-0.05, 0) is 25.8 Å². The van der Waals surface area contributed by atoms with Crippen molar-refractivity contribution in [3.8, 4) is 0 Å². The zero-order valence-electron chi connectivity index (χ0n) is 11.9. The highest BCUT2D eigenvalue weighted by Crippen LogP contribution is 2.26. The van der Waals surface area contributed by atoms with Crippen LogP contribution in [0.2, 0.25) is 0 Å². The first-order valence-electron chi connectivity index (χ1n) is 7.01. The van der Waals surface area contributed by atoms with Gasteiger partial charge in [0.1, 0.15) is 17.9 Å². The van der Waals surface area contributed by atoms with Crippen LogP contribution in [0.25, 0.3) is 17.2 Å². The number of nitrogens with one attached hydrogen (secondary N) is 1. The molecular formula is C14H17N5O2. The zero-order chi connectivity index (χ0) is 14.8. The van der Waals surface area contributed by atoms with Gasteiger partial charge in [-0.3, -0.25) is 0 Å². The molecule has 1 N–H and O–H groups in total. The molecule has 2 aromatic rings. The average Bonchev–Trinajstić information content (AvgIpc) is 3.12. The summed E-state index contributed by atoms with van der Waals surface area (Å²) in [6.45, 7) is 6.69. The van der Waals surface area contributed by atoms with Gasteiger partial charge in [0.25, 0.3) is 0 Å². The van der Waals surface area contributed by atoms with E-state index >= 15 is 0 Å². The molecule has 0 aliphatic carbocycles. The fourth-order valence-corrected chi connectivity index (χ4v) is 2.63. The lowest BCUT2D eigenvalue weighted by Gasteiger charge is -2.22. The molecular weight excluding hydrogens is 270 g/mol. The molecule has 0 aromatic carbocycles. The van der Waals surface area contributed by atoms with Crippen molar-refractivity contribution in [2.75, 3.05) is 18.1 Å². The van der Waals surface area contributed by atoms with Gasteiger partial charge in [-0.25, -0.2) is 14.8 Å². The molecule has 1 atom stereocenters. The summed E-state index contributed by atoms with van der Waals surface area (Å²) in [5, 5.41) is 0. The van der Waals surface area contributed by atoms with Gasteiger partial charge in [0.2, 0.25) is 5.95 Å². The van der Waals surface area contributed by atoms with Crippen LogP contribution in [0.4, 0.5) is 5.95 Å². The molecule has 0 amide bonds. The predicted molar refractivity (Wildman–Crippen MR) is 78.8 cm³/mol. The first-order valence-corrected chi connectivity index (χ1v) is 7.01. The van der Waals surface area contributed by atoms with E-state index in [4.69, 9.17) is 4.74 Å². The Morgan fingerprint density at radius 2 is 2.48 bits per heavy atom. The number of ether oxygens (including phenoxy) is 1. The lowest BCUT2D eigenvalue weighted by Crippen LogP contribution is -2.38. The first kappa shape index (κ1) is 13.5. The summed E-state index contributed by atoms with van der Waals surface area (Å²) in [5.41, 5.74) is 2.01. The normalized spacial score (nSPS) is 18.1. The molecule has 0 radical (unpaired) electrons. The fourth-order valence-electron chi connectivity index (χ4n) is 2.63. The number of carbonyl (C=O) groups is 1. The van der Waals surface area contributed by atoms with Gasteiger partial charge in [0.05, 0.1) is 12.3 Å². The number of nitrogens with zero attached hydrogens (tertiary/aromatic N) is 4. The minimum Gasteiger partial charge on any atom is -0.464 e. The third-order valence-corrected chi connectivity index (χ3v) is 3.58. The second kappa shape index (κ2) is 5.51. The van der Waals surface area contributed by atoms with E-state index in [1.54, 1.807) is 6.08 Å². The molecule has 21 heavy (non-hydrogen) atoms. The third-order valence-electron chi connectivity index (χ3n) is 3.58. The smallest absolute Gasteiger partial charge is 0.328 e. The van der Waals surface area contributed by atoms with Gasteiger partial charge in [-0.2, -0.15) is 4.98 Å². The van der Waals surface area contributed by atoms with Crippen LogP contribution in [0, 0.1) is 0 Å². The number of esters is 1. The van der Waals surface area contributed by atoms with Crippen molar-refractivity contribution in [1.82, 2.24) is 19.9 Å². The predicted octanol–water partition coefficient (Wildman–Crippen LogP) is 1.53. The Bertz CT molecular complexity index is 681. The molecule has 110 valence electrons. The van der Waals surface area contributed by atoms with Crippen LogP contribution in [0.1, 0.15) is 25.5 Å². The molecule has 1 saturated heterocycles. The molecule has 7 nitrogen and oxygen atoms in total. The molecule has 0 saturated carbocycles.